The van der Waals surface area contributed by atoms with Gasteiger partial charge in [-0.3, -0.25) is 24.6 Å². The van der Waals surface area contributed by atoms with E-state index in [1.807, 2.05) is 48.5 Å². The van der Waals surface area contributed by atoms with E-state index in [-0.39, 0.29) is 12.3 Å². The molecule has 0 saturated carbocycles. The predicted octanol–water partition coefficient (Wildman–Crippen LogP) is 4.62. The van der Waals surface area contributed by atoms with Crippen molar-refractivity contribution >= 4 is 46.7 Å². The third kappa shape index (κ3) is 3.07. The normalized spacial score (nSPS) is 27.4. The average Bonchev–Trinajstić information content (AvgIpc) is 3.21. The molecule has 1 saturated heterocycles. The lowest BCUT2D eigenvalue weighted by Gasteiger charge is -2.54. The summed E-state index contributed by atoms with van der Waals surface area (Å²) in [6, 6.07) is 18.9. The molecule has 192 valence electrons. The number of imide groups is 1. The summed E-state index contributed by atoms with van der Waals surface area (Å²) in [6.07, 6.45) is 0. The number of nitro groups is 1. The zero-order valence-electron chi connectivity index (χ0n) is 20.0. The van der Waals surface area contributed by atoms with Gasteiger partial charge in [-0.05, 0) is 46.9 Å². The van der Waals surface area contributed by atoms with Gasteiger partial charge in [-0.2, -0.15) is 0 Å². The van der Waals surface area contributed by atoms with Crippen LogP contribution in [0.2, 0.25) is 0 Å². The standard InChI is InChI=1S/C28H20Cl2N2O6/c1-15(26(35)38-14-16-10-12-17(13-11-16)32(36)37)31-24(33)22-23(25(31)34)28(30)19-7-3-2-6-18(19)27(22,29)20-8-4-5-9-21(20)28/h2-13,15,22-23H,14H2,1H3/t15-,22-,23+,27?,28?/m0/s1. The van der Waals surface area contributed by atoms with Gasteiger partial charge in [0.05, 0.1) is 16.8 Å². The lowest BCUT2D eigenvalue weighted by atomic mass is 9.54. The van der Waals surface area contributed by atoms with Gasteiger partial charge in [-0.15, -0.1) is 23.2 Å². The van der Waals surface area contributed by atoms with Gasteiger partial charge in [0.2, 0.25) is 11.8 Å². The predicted molar refractivity (Wildman–Crippen MR) is 137 cm³/mol. The van der Waals surface area contributed by atoms with E-state index < -0.39 is 50.3 Å². The van der Waals surface area contributed by atoms with E-state index in [9.17, 15) is 24.5 Å². The first-order chi connectivity index (χ1) is 18.1. The summed E-state index contributed by atoms with van der Waals surface area (Å²) in [4.78, 5) is 49.4. The number of nitrogens with zero attached hydrogens (tertiary/aromatic N) is 2. The molecule has 4 aliphatic rings. The number of alkyl halides is 2. The van der Waals surface area contributed by atoms with Crippen LogP contribution >= 0.6 is 23.2 Å². The Hall–Kier alpha value is -3.75. The maximum Gasteiger partial charge on any atom is 0.329 e. The summed E-state index contributed by atoms with van der Waals surface area (Å²) in [7, 11) is 0. The van der Waals surface area contributed by atoms with Gasteiger partial charge in [0, 0.05) is 12.1 Å². The number of esters is 1. The fraction of sp³-hybridized carbons (Fsp3) is 0.250. The highest BCUT2D eigenvalue weighted by atomic mass is 35.5. The molecule has 0 aromatic heterocycles. The van der Waals surface area contributed by atoms with Gasteiger partial charge in [0.15, 0.2) is 0 Å². The molecule has 38 heavy (non-hydrogen) atoms. The Kier molecular flexibility index (Phi) is 5.42. The summed E-state index contributed by atoms with van der Waals surface area (Å²) in [5.41, 5.74) is 3.13. The number of benzene rings is 3. The number of ether oxygens (including phenoxy) is 1. The van der Waals surface area contributed by atoms with Crippen LogP contribution in [0.25, 0.3) is 0 Å². The topological polar surface area (TPSA) is 107 Å². The van der Waals surface area contributed by atoms with Crippen LogP contribution in [0.3, 0.4) is 0 Å². The van der Waals surface area contributed by atoms with Crippen LogP contribution in [0, 0.1) is 22.0 Å². The summed E-state index contributed by atoms with van der Waals surface area (Å²) in [5.74, 6) is -3.97. The minimum Gasteiger partial charge on any atom is -0.459 e. The second-order valence-corrected chi connectivity index (χ2v) is 10.9. The van der Waals surface area contributed by atoms with Crippen LogP contribution in [0.5, 0.6) is 0 Å². The van der Waals surface area contributed by atoms with Gasteiger partial charge in [0.1, 0.15) is 22.4 Å². The summed E-state index contributed by atoms with van der Waals surface area (Å²) in [6.45, 7) is 1.25. The van der Waals surface area contributed by atoms with Crippen LogP contribution in [0.4, 0.5) is 5.69 Å². The molecular formula is C28H20Cl2N2O6. The van der Waals surface area contributed by atoms with Crippen molar-refractivity contribution in [1.82, 2.24) is 4.90 Å². The van der Waals surface area contributed by atoms with E-state index in [4.69, 9.17) is 27.9 Å². The molecular weight excluding hydrogens is 531 g/mol. The number of non-ortho nitro benzene ring substituents is 1. The van der Waals surface area contributed by atoms with Crippen LogP contribution in [0.15, 0.2) is 72.8 Å². The fourth-order valence-electron chi connectivity index (χ4n) is 6.16. The smallest absolute Gasteiger partial charge is 0.329 e. The van der Waals surface area contributed by atoms with Crippen molar-refractivity contribution in [2.75, 3.05) is 0 Å². The van der Waals surface area contributed by atoms with Crippen molar-refractivity contribution in [2.45, 2.75) is 29.3 Å². The number of rotatable bonds is 5. The molecule has 1 fully saturated rings. The van der Waals surface area contributed by atoms with Crippen molar-refractivity contribution in [2.24, 2.45) is 11.8 Å². The van der Waals surface area contributed by atoms with E-state index >= 15 is 0 Å². The minimum absolute atomic E-state index is 0.0917. The van der Waals surface area contributed by atoms with Crippen LogP contribution < -0.4 is 0 Å². The number of hydrogen-bond donors (Lipinski definition) is 0. The van der Waals surface area contributed by atoms with Gasteiger partial charge < -0.3 is 4.74 Å². The maximum atomic E-state index is 13.9. The SMILES string of the molecule is C[C@@H](C(=O)OCc1ccc([N+](=O)[O-])cc1)N1C(=O)[C@@H]2[C@H](C1=O)C1(Cl)c3ccccc3C2(Cl)c2ccccc21. The molecule has 1 heterocycles. The number of amides is 2. The zero-order valence-corrected chi connectivity index (χ0v) is 21.5. The van der Waals surface area contributed by atoms with E-state index in [1.165, 1.54) is 31.2 Å². The van der Waals surface area contributed by atoms with Gasteiger partial charge in [-0.1, -0.05) is 48.5 Å². The molecule has 2 amide bonds. The largest absolute Gasteiger partial charge is 0.459 e. The molecule has 0 N–H and O–H groups in total. The second kappa shape index (κ2) is 8.38. The number of carbonyl (C=O) groups excluding carboxylic acids is 3. The number of halogens is 2. The molecule has 2 bridgehead atoms. The molecule has 3 aliphatic carbocycles. The lowest BCUT2D eigenvalue weighted by molar-refractivity contribution is -0.384. The van der Waals surface area contributed by atoms with Crippen molar-refractivity contribution in [3.63, 3.8) is 0 Å². The maximum absolute atomic E-state index is 13.9. The van der Waals surface area contributed by atoms with Crippen molar-refractivity contribution in [3.05, 3.63) is 111 Å². The molecule has 0 radical (unpaired) electrons. The Morgan fingerprint density at radius 2 is 1.32 bits per heavy atom. The number of hydrogen-bond acceptors (Lipinski definition) is 6. The fourth-order valence-corrected chi connectivity index (χ4v) is 7.26. The quantitative estimate of drug-likeness (QED) is 0.151. The highest BCUT2D eigenvalue weighted by Crippen LogP contribution is 2.69. The molecule has 3 aromatic carbocycles. The van der Waals surface area contributed by atoms with Crippen molar-refractivity contribution < 1.29 is 24.0 Å². The molecule has 10 heteroatoms. The highest BCUT2D eigenvalue weighted by molar-refractivity contribution is 6.36. The molecule has 0 unspecified atom stereocenters. The van der Waals surface area contributed by atoms with Gasteiger partial charge >= 0.3 is 5.97 Å². The lowest BCUT2D eigenvalue weighted by Crippen LogP contribution is -2.57. The van der Waals surface area contributed by atoms with E-state index in [1.54, 1.807) is 0 Å². The first-order valence-electron chi connectivity index (χ1n) is 12.0. The number of likely N-dealkylation sites (tertiary alicyclic amines) is 1. The van der Waals surface area contributed by atoms with E-state index in [0.29, 0.717) is 27.8 Å². The average molecular weight is 551 g/mol. The van der Waals surface area contributed by atoms with Crippen LogP contribution in [-0.4, -0.2) is 33.6 Å². The Morgan fingerprint density at radius 3 is 1.71 bits per heavy atom. The Labute approximate surface area is 227 Å². The number of nitro benzene ring substituents is 1. The van der Waals surface area contributed by atoms with Crippen molar-refractivity contribution in [1.29, 1.82) is 0 Å². The van der Waals surface area contributed by atoms with E-state index in [0.717, 1.165) is 4.90 Å². The number of carbonyl (C=O) groups is 3. The highest BCUT2D eigenvalue weighted by Gasteiger charge is 2.73. The van der Waals surface area contributed by atoms with Crippen LogP contribution in [-0.2, 0) is 35.5 Å². The zero-order chi connectivity index (χ0) is 27.0. The third-order valence-corrected chi connectivity index (χ3v) is 9.16. The Morgan fingerprint density at radius 1 is 0.895 bits per heavy atom. The summed E-state index contributed by atoms with van der Waals surface area (Å²) >= 11 is 14.8. The summed E-state index contributed by atoms with van der Waals surface area (Å²) in [5, 5.41) is 10.9. The van der Waals surface area contributed by atoms with E-state index in [2.05, 4.69) is 0 Å². The Bertz CT molecular complexity index is 1420. The molecule has 0 spiro atoms. The monoisotopic (exact) mass is 550 g/mol. The second-order valence-electron chi connectivity index (χ2n) is 9.72. The minimum atomic E-state index is -1.33. The van der Waals surface area contributed by atoms with Crippen LogP contribution in [0.1, 0.15) is 34.7 Å². The molecule has 7 rings (SSSR count). The first-order valence-corrected chi connectivity index (χ1v) is 12.7. The van der Waals surface area contributed by atoms with Crippen molar-refractivity contribution in [3.8, 4) is 0 Å². The molecule has 8 nitrogen and oxygen atoms in total. The Balaban J connectivity index is 1.33. The molecule has 3 atom stereocenters. The third-order valence-electron chi connectivity index (χ3n) is 7.88. The molecule has 1 aliphatic heterocycles. The van der Waals surface area contributed by atoms with Gasteiger partial charge in [-0.25, -0.2) is 4.79 Å². The molecule has 3 aromatic rings. The van der Waals surface area contributed by atoms with Gasteiger partial charge in [0.25, 0.3) is 5.69 Å². The summed E-state index contributed by atoms with van der Waals surface area (Å²) < 4.78 is 5.38. The first kappa shape index (κ1) is 24.6.